The van der Waals surface area contributed by atoms with Gasteiger partial charge in [-0.15, -0.1) is 11.8 Å². The molecule has 1 atom stereocenters. The van der Waals surface area contributed by atoms with E-state index in [1.807, 2.05) is 24.3 Å². The van der Waals surface area contributed by atoms with E-state index in [-0.39, 0.29) is 11.3 Å². The summed E-state index contributed by atoms with van der Waals surface area (Å²) in [5, 5.41) is 3.65. The van der Waals surface area contributed by atoms with Gasteiger partial charge in [0.1, 0.15) is 5.37 Å². The van der Waals surface area contributed by atoms with Gasteiger partial charge in [-0.2, -0.15) is 0 Å². The van der Waals surface area contributed by atoms with Crippen LogP contribution in [0.1, 0.15) is 10.9 Å². The number of carbonyl (C=O) groups excluding carboxylic acids is 1. The predicted octanol–water partition coefficient (Wildman–Crippen LogP) is 2.20. The zero-order chi connectivity index (χ0) is 9.26. The standard InChI is InChI=1S/C9H8ClNOS/c10-7-3-1-2-6(4-7)9-11-8(12)5-13-9/h1-4,9H,5H2,(H,11,12). The van der Waals surface area contributed by atoms with Crippen molar-refractivity contribution in [3.05, 3.63) is 34.9 Å². The first-order chi connectivity index (χ1) is 6.25. The number of amides is 1. The van der Waals surface area contributed by atoms with E-state index in [2.05, 4.69) is 5.32 Å². The van der Waals surface area contributed by atoms with Gasteiger partial charge < -0.3 is 5.32 Å². The van der Waals surface area contributed by atoms with Gasteiger partial charge in [0.2, 0.25) is 5.91 Å². The third kappa shape index (κ3) is 1.98. The second-order valence-corrected chi connectivity index (χ2v) is 4.34. The molecular formula is C9H8ClNOS. The zero-order valence-electron chi connectivity index (χ0n) is 6.79. The Labute approximate surface area is 85.7 Å². The van der Waals surface area contributed by atoms with Crippen LogP contribution in [0, 0.1) is 0 Å². The normalized spacial score (nSPS) is 21.6. The SMILES string of the molecule is O=C1CSC(c2cccc(Cl)c2)N1. The summed E-state index contributed by atoms with van der Waals surface area (Å²) >= 11 is 7.43. The van der Waals surface area contributed by atoms with Gasteiger partial charge >= 0.3 is 0 Å². The molecule has 0 aliphatic carbocycles. The van der Waals surface area contributed by atoms with Gasteiger partial charge in [-0.1, -0.05) is 23.7 Å². The first-order valence-corrected chi connectivity index (χ1v) is 5.35. The minimum Gasteiger partial charge on any atom is -0.339 e. The van der Waals surface area contributed by atoms with E-state index in [1.54, 1.807) is 11.8 Å². The lowest BCUT2D eigenvalue weighted by molar-refractivity contribution is -0.118. The average molecular weight is 214 g/mol. The van der Waals surface area contributed by atoms with Crippen LogP contribution in [0.4, 0.5) is 0 Å². The number of hydrogen-bond acceptors (Lipinski definition) is 2. The highest BCUT2D eigenvalue weighted by atomic mass is 35.5. The van der Waals surface area contributed by atoms with Crippen LogP contribution in [0.3, 0.4) is 0 Å². The molecule has 1 saturated heterocycles. The molecule has 1 aromatic rings. The second kappa shape index (κ2) is 3.60. The number of rotatable bonds is 1. The molecule has 0 spiro atoms. The summed E-state index contributed by atoms with van der Waals surface area (Å²) < 4.78 is 0. The van der Waals surface area contributed by atoms with Crippen LogP contribution in [0.15, 0.2) is 24.3 Å². The Kier molecular flexibility index (Phi) is 2.47. The molecule has 1 aromatic carbocycles. The molecule has 1 N–H and O–H groups in total. The van der Waals surface area contributed by atoms with Crippen molar-refractivity contribution in [2.45, 2.75) is 5.37 Å². The van der Waals surface area contributed by atoms with E-state index in [1.165, 1.54) is 0 Å². The van der Waals surface area contributed by atoms with Crippen LogP contribution in [0.25, 0.3) is 0 Å². The predicted molar refractivity (Wildman–Crippen MR) is 54.8 cm³/mol. The van der Waals surface area contributed by atoms with Gasteiger partial charge in [0, 0.05) is 5.02 Å². The summed E-state index contributed by atoms with van der Waals surface area (Å²) in [7, 11) is 0. The summed E-state index contributed by atoms with van der Waals surface area (Å²) in [6.07, 6.45) is 0. The minimum atomic E-state index is 0.0752. The summed E-state index contributed by atoms with van der Waals surface area (Å²) in [4.78, 5) is 10.9. The monoisotopic (exact) mass is 213 g/mol. The number of halogens is 1. The molecule has 13 heavy (non-hydrogen) atoms. The quantitative estimate of drug-likeness (QED) is 0.775. The molecule has 4 heteroatoms. The summed E-state index contributed by atoms with van der Waals surface area (Å²) in [5.41, 5.74) is 1.06. The molecule has 1 heterocycles. The lowest BCUT2D eigenvalue weighted by atomic mass is 10.2. The largest absolute Gasteiger partial charge is 0.339 e. The highest BCUT2D eigenvalue weighted by Crippen LogP contribution is 2.31. The van der Waals surface area contributed by atoms with Crippen LogP contribution in [-0.2, 0) is 4.79 Å². The van der Waals surface area contributed by atoms with Crippen molar-refractivity contribution >= 4 is 29.3 Å². The highest BCUT2D eigenvalue weighted by molar-refractivity contribution is 8.00. The number of carbonyl (C=O) groups is 1. The highest BCUT2D eigenvalue weighted by Gasteiger charge is 2.22. The van der Waals surface area contributed by atoms with Crippen molar-refractivity contribution in [2.75, 3.05) is 5.75 Å². The zero-order valence-corrected chi connectivity index (χ0v) is 8.36. The first-order valence-electron chi connectivity index (χ1n) is 3.92. The molecule has 1 fully saturated rings. The van der Waals surface area contributed by atoms with E-state index >= 15 is 0 Å². The fourth-order valence-electron chi connectivity index (χ4n) is 1.24. The lowest BCUT2D eigenvalue weighted by Gasteiger charge is -2.08. The molecule has 0 radical (unpaired) electrons. The molecule has 2 rings (SSSR count). The van der Waals surface area contributed by atoms with Crippen LogP contribution in [0.2, 0.25) is 5.02 Å². The van der Waals surface area contributed by atoms with Gasteiger partial charge in [-0.05, 0) is 17.7 Å². The molecule has 68 valence electrons. The van der Waals surface area contributed by atoms with Crippen molar-refractivity contribution in [2.24, 2.45) is 0 Å². The topological polar surface area (TPSA) is 29.1 Å². The van der Waals surface area contributed by atoms with Gasteiger partial charge in [0.05, 0.1) is 5.75 Å². The molecular weight excluding hydrogens is 206 g/mol. The van der Waals surface area contributed by atoms with Gasteiger partial charge in [-0.25, -0.2) is 0 Å². The van der Waals surface area contributed by atoms with Gasteiger partial charge in [0.15, 0.2) is 0 Å². The Morgan fingerprint density at radius 2 is 2.38 bits per heavy atom. The van der Waals surface area contributed by atoms with E-state index in [4.69, 9.17) is 11.6 Å². The van der Waals surface area contributed by atoms with Crippen LogP contribution >= 0.6 is 23.4 Å². The fourth-order valence-corrected chi connectivity index (χ4v) is 2.39. The fraction of sp³-hybridized carbons (Fsp3) is 0.222. The molecule has 1 aliphatic rings. The smallest absolute Gasteiger partial charge is 0.231 e. The van der Waals surface area contributed by atoms with Crippen LogP contribution in [-0.4, -0.2) is 11.7 Å². The lowest BCUT2D eigenvalue weighted by Crippen LogP contribution is -2.18. The van der Waals surface area contributed by atoms with E-state index in [9.17, 15) is 4.79 Å². The maximum Gasteiger partial charge on any atom is 0.231 e. The molecule has 2 nitrogen and oxygen atoms in total. The molecule has 0 bridgehead atoms. The Hall–Kier alpha value is -0.670. The molecule has 1 aliphatic heterocycles. The molecule has 0 saturated carbocycles. The summed E-state index contributed by atoms with van der Waals surface area (Å²) in [5.74, 6) is 0.631. The molecule has 0 aromatic heterocycles. The minimum absolute atomic E-state index is 0.0752. The van der Waals surface area contributed by atoms with Crippen molar-refractivity contribution < 1.29 is 4.79 Å². The molecule has 1 unspecified atom stereocenters. The Bertz CT molecular complexity index is 342. The first kappa shape index (κ1) is 8.91. The van der Waals surface area contributed by atoms with Crippen molar-refractivity contribution in [1.82, 2.24) is 5.32 Å². The average Bonchev–Trinajstić information content (AvgIpc) is 2.52. The number of benzene rings is 1. The number of hydrogen-bond donors (Lipinski definition) is 1. The van der Waals surface area contributed by atoms with Gasteiger partial charge in [0.25, 0.3) is 0 Å². The maximum absolute atomic E-state index is 10.9. The van der Waals surface area contributed by atoms with Crippen molar-refractivity contribution in [3.63, 3.8) is 0 Å². The molecule has 1 amide bonds. The maximum atomic E-state index is 10.9. The van der Waals surface area contributed by atoms with Crippen molar-refractivity contribution in [3.8, 4) is 0 Å². The second-order valence-electron chi connectivity index (χ2n) is 2.81. The Morgan fingerprint density at radius 1 is 1.54 bits per heavy atom. The van der Waals surface area contributed by atoms with Gasteiger partial charge in [-0.3, -0.25) is 4.79 Å². The van der Waals surface area contributed by atoms with E-state index < -0.39 is 0 Å². The Morgan fingerprint density at radius 3 is 3.00 bits per heavy atom. The third-order valence-electron chi connectivity index (χ3n) is 1.82. The third-order valence-corrected chi connectivity index (χ3v) is 3.21. The number of thioether (sulfide) groups is 1. The number of nitrogens with one attached hydrogen (secondary N) is 1. The van der Waals surface area contributed by atoms with E-state index in [0.717, 1.165) is 5.56 Å². The Balaban J connectivity index is 2.21. The van der Waals surface area contributed by atoms with E-state index in [0.29, 0.717) is 10.8 Å². The van der Waals surface area contributed by atoms with Crippen LogP contribution in [0.5, 0.6) is 0 Å². The van der Waals surface area contributed by atoms with Crippen LogP contribution < -0.4 is 5.32 Å². The summed E-state index contributed by atoms with van der Waals surface area (Å²) in [6, 6.07) is 7.56. The van der Waals surface area contributed by atoms with Crippen molar-refractivity contribution in [1.29, 1.82) is 0 Å². The summed E-state index contributed by atoms with van der Waals surface area (Å²) in [6.45, 7) is 0.